The summed E-state index contributed by atoms with van der Waals surface area (Å²) in [6, 6.07) is 3.52. The van der Waals surface area contributed by atoms with Gasteiger partial charge in [-0.2, -0.15) is 8.42 Å². The maximum absolute atomic E-state index is 12.4. The second-order valence-electron chi connectivity index (χ2n) is 2.93. The molecule has 0 N–H and O–H groups in total. The lowest BCUT2D eigenvalue weighted by Crippen LogP contribution is -2.01. The number of halogens is 1. The Labute approximate surface area is 91.0 Å². The zero-order valence-corrected chi connectivity index (χ0v) is 9.03. The fourth-order valence-electron chi connectivity index (χ4n) is 1.15. The lowest BCUT2D eigenvalue weighted by Gasteiger charge is -2.03. The summed E-state index contributed by atoms with van der Waals surface area (Å²) < 4.78 is 38.0. The quantitative estimate of drug-likeness (QED) is 0.457. The van der Waals surface area contributed by atoms with Gasteiger partial charge in [-0.3, -0.25) is 10.1 Å². The van der Waals surface area contributed by atoms with E-state index in [1.165, 1.54) is 13.2 Å². The van der Waals surface area contributed by atoms with Gasteiger partial charge in [-0.05, 0) is 12.1 Å². The van der Waals surface area contributed by atoms with Crippen LogP contribution in [0.3, 0.4) is 0 Å². The molecule has 0 bridgehead atoms. The Morgan fingerprint density at radius 1 is 1.50 bits per heavy atom. The van der Waals surface area contributed by atoms with Crippen molar-refractivity contribution in [1.82, 2.24) is 0 Å². The number of nitro benzene ring substituents is 1. The minimum absolute atomic E-state index is 0.201. The van der Waals surface area contributed by atoms with E-state index in [0.717, 1.165) is 12.1 Å². The van der Waals surface area contributed by atoms with E-state index in [0.29, 0.717) is 0 Å². The molecule has 0 aliphatic carbocycles. The lowest BCUT2D eigenvalue weighted by atomic mass is 10.2. The van der Waals surface area contributed by atoms with Crippen LogP contribution in [0.2, 0.25) is 0 Å². The molecule has 0 aliphatic rings. The van der Waals surface area contributed by atoms with Gasteiger partial charge in [-0.1, -0.05) is 0 Å². The fraction of sp³-hybridized carbons (Fsp3) is 0.250. The summed E-state index contributed by atoms with van der Waals surface area (Å²) in [5, 5.41) is 10.6. The minimum Gasteiger partial charge on any atom is -0.497 e. The van der Waals surface area contributed by atoms with Gasteiger partial charge in [0.15, 0.2) is 0 Å². The molecule has 1 aromatic rings. The summed E-state index contributed by atoms with van der Waals surface area (Å²) in [5.41, 5.74) is -0.700. The van der Waals surface area contributed by atoms with Crippen molar-refractivity contribution in [3.63, 3.8) is 0 Å². The molecule has 88 valence electrons. The molecule has 0 saturated carbocycles. The molecule has 0 unspecified atom stereocenters. The first kappa shape index (κ1) is 12.4. The van der Waals surface area contributed by atoms with E-state index in [-0.39, 0.29) is 11.3 Å². The molecule has 0 spiro atoms. The molecule has 0 heterocycles. The number of hydrogen-bond donors (Lipinski definition) is 0. The maximum atomic E-state index is 12.4. The van der Waals surface area contributed by atoms with Crippen molar-refractivity contribution >= 4 is 15.9 Å². The van der Waals surface area contributed by atoms with Crippen LogP contribution in [0, 0.1) is 10.1 Å². The van der Waals surface area contributed by atoms with Crippen LogP contribution in [0.1, 0.15) is 5.56 Å². The number of methoxy groups -OCH3 is 1. The Morgan fingerprint density at radius 2 is 2.12 bits per heavy atom. The molecular weight excluding hydrogens is 241 g/mol. The van der Waals surface area contributed by atoms with Gasteiger partial charge in [0.2, 0.25) is 0 Å². The summed E-state index contributed by atoms with van der Waals surface area (Å²) in [5.74, 6) is -0.820. The van der Waals surface area contributed by atoms with Crippen LogP contribution >= 0.6 is 0 Å². The second-order valence-corrected chi connectivity index (χ2v) is 4.30. The van der Waals surface area contributed by atoms with E-state index in [4.69, 9.17) is 4.74 Å². The first-order valence-corrected chi connectivity index (χ1v) is 5.62. The minimum atomic E-state index is -4.80. The fourth-order valence-corrected chi connectivity index (χ4v) is 1.76. The molecule has 0 fully saturated rings. The van der Waals surface area contributed by atoms with Gasteiger partial charge in [-0.15, -0.1) is 3.89 Å². The van der Waals surface area contributed by atoms with Gasteiger partial charge in [0.05, 0.1) is 18.1 Å². The van der Waals surface area contributed by atoms with E-state index in [1.54, 1.807) is 0 Å². The van der Waals surface area contributed by atoms with Crippen molar-refractivity contribution in [2.45, 2.75) is 5.75 Å². The first-order valence-electron chi connectivity index (χ1n) is 4.07. The van der Waals surface area contributed by atoms with Crippen molar-refractivity contribution < 1.29 is 22.0 Å². The Kier molecular flexibility index (Phi) is 3.43. The monoisotopic (exact) mass is 249 g/mol. The first-order chi connectivity index (χ1) is 7.33. The molecule has 0 aliphatic heterocycles. The number of nitrogens with zero attached hydrogens (tertiary/aromatic N) is 1. The maximum Gasteiger partial charge on any atom is 0.306 e. The highest BCUT2D eigenvalue weighted by Gasteiger charge is 2.20. The molecule has 0 radical (unpaired) electrons. The lowest BCUT2D eigenvalue weighted by molar-refractivity contribution is -0.385. The molecule has 1 aromatic carbocycles. The Balaban J connectivity index is 3.23. The molecule has 1 rings (SSSR count). The van der Waals surface area contributed by atoms with E-state index in [2.05, 4.69) is 0 Å². The molecule has 16 heavy (non-hydrogen) atoms. The van der Waals surface area contributed by atoms with Crippen molar-refractivity contribution in [3.05, 3.63) is 33.9 Å². The summed E-state index contributed by atoms with van der Waals surface area (Å²) in [6.45, 7) is 0. The largest absolute Gasteiger partial charge is 0.497 e. The van der Waals surface area contributed by atoms with Crippen molar-refractivity contribution in [2.75, 3.05) is 7.11 Å². The molecule has 8 heteroatoms. The molecule has 0 atom stereocenters. The second kappa shape index (κ2) is 4.44. The number of rotatable bonds is 4. The zero-order chi connectivity index (χ0) is 12.3. The number of hydrogen-bond acceptors (Lipinski definition) is 5. The van der Waals surface area contributed by atoms with Crippen LogP contribution in [0.4, 0.5) is 9.57 Å². The normalized spacial score (nSPS) is 11.1. The van der Waals surface area contributed by atoms with Gasteiger partial charge in [0.25, 0.3) is 5.69 Å². The van der Waals surface area contributed by atoms with E-state index >= 15 is 0 Å². The Bertz CT molecular complexity index is 513. The summed E-state index contributed by atoms with van der Waals surface area (Å²) in [6.07, 6.45) is 0. The SMILES string of the molecule is COc1ccc(CS(=O)(=O)F)c([N+](=O)[O-])c1. The topological polar surface area (TPSA) is 86.5 Å². The number of benzene rings is 1. The van der Waals surface area contributed by atoms with Crippen LogP contribution < -0.4 is 4.74 Å². The highest BCUT2D eigenvalue weighted by atomic mass is 32.3. The third-order valence-electron chi connectivity index (χ3n) is 1.82. The number of ether oxygens (including phenoxy) is 1. The van der Waals surface area contributed by atoms with E-state index < -0.39 is 26.6 Å². The van der Waals surface area contributed by atoms with Crippen LogP contribution in [0.15, 0.2) is 18.2 Å². The van der Waals surface area contributed by atoms with Crippen LogP contribution in [0.25, 0.3) is 0 Å². The van der Waals surface area contributed by atoms with Gasteiger partial charge >= 0.3 is 10.2 Å². The van der Waals surface area contributed by atoms with Crippen molar-refractivity contribution in [1.29, 1.82) is 0 Å². The van der Waals surface area contributed by atoms with Crippen LogP contribution in [-0.2, 0) is 16.0 Å². The average molecular weight is 249 g/mol. The highest BCUT2D eigenvalue weighted by molar-refractivity contribution is 7.85. The predicted octanol–water partition coefficient (Wildman–Crippen LogP) is 1.40. The van der Waals surface area contributed by atoms with Gasteiger partial charge < -0.3 is 4.74 Å². The highest BCUT2D eigenvalue weighted by Crippen LogP contribution is 2.26. The summed E-state index contributed by atoms with van der Waals surface area (Å²) in [7, 11) is -3.49. The van der Waals surface area contributed by atoms with Crippen LogP contribution in [-0.4, -0.2) is 20.5 Å². The molecule has 0 saturated heterocycles. The smallest absolute Gasteiger partial charge is 0.306 e. The molecule has 0 amide bonds. The summed E-state index contributed by atoms with van der Waals surface area (Å²) >= 11 is 0. The Hall–Kier alpha value is -1.70. The predicted molar refractivity (Wildman–Crippen MR) is 53.4 cm³/mol. The van der Waals surface area contributed by atoms with Crippen molar-refractivity contribution in [2.24, 2.45) is 0 Å². The van der Waals surface area contributed by atoms with Crippen LogP contribution in [0.5, 0.6) is 5.75 Å². The van der Waals surface area contributed by atoms with Gasteiger partial charge in [0, 0.05) is 5.56 Å². The standard InChI is InChI=1S/C8H8FNO5S/c1-15-7-3-2-6(5-16(9,13)14)8(4-7)10(11)12/h2-4H,5H2,1H3. The Morgan fingerprint density at radius 3 is 2.56 bits per heavy atom. The molecule has 0 aromatic heterocycles. The van der Waals surface area contributed by atoms with E-state index in [9.17, 15) is 22.4 Å². The summed E-state index contributed by atoms with van der Waals surface area (Å²) in [4.78, 5) is 9.82. The molecular formula is C8H8FNO5S. The zero-order valence-electron chi connectivity index (χ0n) is 8.21. The molecule has 6 nitrogen and oxygen atoms in total. The third-order valence-corrected chi connectivity index (χ3v) is 2.47. The van der Waals surface area contributed by atoms with E-state index in [1.807, 2.05) is 0 Å². The average Bonchev–Trinajstić information content (AvgIpc) is 2.15. The van der Waals surface area contributed by atoms with Crippen molar-refractivity contribution in [3.8, 4) is 5.75 Å². The van der Waals surface area contributed by atoms with Gasteiger partial charge in [0.1, 0.15) is 11.5 Å². The number of nitro groups is 1. The van der Waals surface area contributed by atoms with Gasteiger partial charge in [-0.25, -0.2) is 0 Å². The third kappa shape index (κ3) is 3.16.